The first kappa shape index (κ1) is 18.5. The van der Waals surface area contributed by atoms with E-state index in [0.29, 0.717) is 37.0 Å². The Morgan fingerprint density at radius 3 is 2.38 bits per heavy atom. The van der Waals surface area contributed by atoms with Crippen LogP contribution in [0.15, 0.2) is 18.2 Å². The molecule has 1 unspecified atom stereocenters. The molecule has 1 aliphatic rings. The molecule has 0 saturated heterocycles. The van der Waals surface area contributed by atoms with Crippen LogP contribution in [0.4, 0.5) is 0 Å². The fourth-order valence-corrected chi connectivity index (χ4v) is 2.78. The maximum atomic E-state index is 12.1. The SMILES string of the molecule is CC(C)COC(=O)c1ccc2c(c1)CCC(C(=O)OCC(C)C)C2. The van der Waals surface area contributed by atoms with Gasteiger partial charge in [-0.2, -0.15) is 0 Å². The average molecular weight is 332 g/mol. The molecule has 4 nitrogen and oxygen atoms in total. The smallest absolute Gasteiger partial charge is 0.338 e. The van der Waals surface area contributed by atoms with Crippen LogP contribution in [-0.2, 0) is 27.1 Å². The van der Waals surface area contributed by atoms with Crippen LogP contribution in [0.25, 0.3) is 0 Å². The van der Waals surface area contributed by atoms with Gasteiger partial charge >= 0.3 is 11.9 Å². The third-order valence-corrected chi connectivity index (χ3v) is 4.11. The third kappa shape index (κ3) is 5.08. The second-order valence-corrected chi connectivity index (χ2v) is 7.44. The van der Waals surface area contributed by atoms with Crippen molar-refractivity contribution in [3.8, 4) is 0 Å². The summed E-state index contributed by atoms with van der Waals surface area (Å²) in [5, 5.41) is 0. The Hall–Kier alpha value is -1.84. The number of carbonyl (C=O) groups is 2. The van der Waals surface area contributed by atoms with Gasteiger partial charge < -0.3 is 9.47 Å². The van der Waals surface area contributed by atoms with Crippen LogP contribution in [0, 0.1) is 17.8 Å². The number of rotatable bonds is 6. The molecule has 4 heteroatoms. The zero-order valence-electron chi connectivity index (χ0n) is 15.1. The Labute approximate surface area is 144 Å². The highest BCUT2D eigenvalue weighted by Crippen LogP contribution is 2.27. The minimum Gasteiger partial charge on any atom is -0.465 e. The zero-order valence-corrected chi connectivity index (χ0v) is 15.1. The molecule has 0 radical (unpaired) electrons. The summed E-state index contributed by atoms with van der Waals surface area (Å²) in [4.78, 5) is 24.2. The summed E-state index contributed by atoms with van der Waals surface area (Å²) in [6.45, 7) is 8.99. The molecule has 0 aliphatic heterocycles. The molecular weight excluding hydrogens is 304 g/mol. The topological polar surface area (TPSA) is 52.6 Å². The van der Waals surface area contributed by atoms with Crippen molar-refractivity contribution < 1.29 is 19.1 Å². The Balaban J connectivity index is 1.98. The average Bonchev–Trinajstić information content (AvgIpc) is 2.56. The Bertz CT molecular complexity index is 589. The van der Waals surface area contributed by atoms with Crippen LogP contribution in [0.3, 0.4) is 0 Å². The number of ether oxygens (including phenoxy) is 2. The van der Waals surface area contributed by atoms with E-state index in [1.54, 1.807) is 6.07 Å². The van der Waals surface area contributed by atoms with Crippen LogP contribution in [0.1, 0.15) is 55.6 Å². The van der Waals surface area contributed by atoms with Crippen molar-refractivity contribution in [2.45, 2.75) is 47.0 Å². The number of carbonyl (C=O) groups excluding carboxylic acids is 2. The fourth-order valence-electron chi connectivity index (χ4n) is 2.78. The highest BCUT2D eigenvalue weighted by molar-refractivity contribution is 5.89. The van der Waals surface area contributed by atoms with Crippen LogP contribution in [-0.4, -0.2) is 25.2 Å². The summed E-state index contributed by atoms with van der Waals surface area (Å²) in [5.41, 5.74) is 2.87. The number of benzene rings is 1. The van der Waals surface area contributed by atoms with Gasteiger partial charge in [-0.3, -0.25) is 4.79 Å². The number of hydrogen-bond donors (Lipinski definition) is 0. The zero-order chi connectivity index (χ0) is 17.7. The molecular formula is C20H28O4. The van der Waals surface area contributed by atoms with Crippen molar-refractivity contribution in [2.24, 2.45) is 17.8 Å². The van der Waals surface area contributed by atoms with Crippen molar-refractivity contribution >= 4 is 11.9 Å². The van der Waals surface area contributed by atoms with Gasteiger partial charge in [0.05, 0.1) is 24.7 Å². The Morgan fingerprint density at radius 2 is 1.71 bits per heavy atom. The van der Waals surface area contributed by atoms with Gasteiger partial charge in [-0.05, 0) is 54.4 Å². The molecule has 132 valence electrons. The molecule has 1 atom stereocenters. The minimum absolute atomic E-state index is 0.0741. The van der Waals surface area contributed by atoms with E-state index in [1.165, 1.54) is 0 Å². The standard InChI is InChI=1S/C20H28O4/c1-13(2)11-23-19(21)17-7-5-16-10-18(8-6-15(16)9-17)20(22)24-12-14(3)4/h5,7,9,13-14,18H,6,8,10-12H2,1-4H3. The summed E-state index contributed by atoms with van der Waals surface area (Å²) in [6, 6.07) is 5.65. The summed E-state index contributed by atoms with van der Waals surface area (Å²) in [7, 11) is 0. The van der Waals surface area contributed by atoms with Gasteiger partial charge in [0.25, 0.3) is 0 Å². The lowest BCUT2D eigenvalue weighted by Gasteiger charge is -2.24. The molecule has 0 heterocycles. The molecule has 2 rings (SSSR count). The van der Waals surface area contributed by atoms with Gasteiger partial charge in [0, 0.05) is 0 Å². The predicted molar refractivity (Wildman–Crippen MR) is 92.9 cm³/mol. The monoisotopic (exact) mass is 332 g/mol. The first-order valence-electron chi connectivity index (χ1n) is 8.82. The van der Waals surface area contributed by atoms with Crippen LogP contribution in [0.5, 0.6) is 0 Å². The maximum Gasteiger partial charge on any atom is 0.338 e. The first-order valence-corrected chi connectivity index (χ1v) is 8.82. The van der Waals surface area contributed by atoms with Gasteiger partial charge in [0.15, 0.2) is 0 Å². The van der Waals surface area contributed by atoms with Crippen molar-refractivity contribution in [2.75, 3.05) is 13.2 Å². The first-order chi connectivity index (χ1) is 11.4. The normalized spacial score (nSPS) is 16.8. The quantitative estimate of drug-likeness (QED) is 0.744. The van der Waals surface area contributed by atoms with E-state index in [4.69, 9.17) is 9.47 Å². The molecule has 1 aromatic carbocycles. The number of esters is 2. The summed E-state index contributed by atoms with van der Waals surface area (Å²) in [5.74, 6) is 0.225. The minimum atomic E-state index is -0.273. The highest BCUT2D eigenvalue weighted by atomic mass is 16.5. The van der Waals surface area contributed by atoms with Gasteiger partial charge in [0.2, 0.25) is 0 Å². The molecule has 0 bridgehead atoms. The molecule has 0 amide bonds. The number of fused-ring (bicyclic) bond motifs is 1. The van der Waals surface area contributed by atoms with E-state index in [1.807, 2.05) is 39.8 Å². The van der Waals surface area contributed by atoms with Crippen molar-refractivity contribution in [1.29, 1.82) is 0 Å². The molecule has 24 heavy (non-hydrogen) atoms. The lowest BCUT2D eigenvalue weighted by molar-refractivity contribution is -0.150. The molecule has 1 aromatic rings. The lowest BCUT2D eigenvalue weighted by Crippen LogP contribution is -2.26. The number of aryl methyl sites for hydroxylation is 1. The Kier molecular flexibility index (Phi) is 6.41. The van der Waals surface area contributed by atoms with Crippen LogP contribution in [0.2, 0.25) is 0 Å². The molecule has 0 N–H and O–H groups in total. The molecule has 0 saturated carbocycles. The second kappa shape index (κ2) is 8.32. The molecule has 1 aliphatic carbocycles. The van der Waals surface area contributed by atoms with Gasteiger partial charge in [-0.15, -0.1) is 0 Å². The van der Waals surface area contributed by atoms with E-state index in [-0.39, 0.29) is 17.9 Å². The Morgan fingerprint density at radius 1 is 1.04 bits per heavy atom. The summed E-state index contributed by atoms with van der Waals surface area (Å²) >= 11 is 0. The van der Waals surface area contributed by atoms with E-state index in [0.717, 1.165) is 24.0 Å². The van der Waals surface area contributed by atoms with Gasteiger partial charge in [-0.25, -0.2) is 4.79 Å². The summed E-state index contributed by atoms with van der Waals surface area (Å²) in [6.07, 6.45) is 2.25. The van der Waals surface area contributed by atoms with Crippen LogP contribution >= 0.6 is 0 Å². The van der Waals surface area contributed by atoms with Gasteiger partial charge in [-0.1, -0.05) is 33.8 Å². The van der Waals surface area contributed by atoms with Crippen molar-refractivity contribution in [3.63, 3.8) is 0 Å². The second-order valence-electron chi connectivity index (χ2n) is 7.44. The number of hydrogen-bond acceptors (Lipinski definition) is 4. The summed E-state index contributed by atoms with van der Waals surface area (Å²) < 4.78 is 10.6. The van der Waals surface area contributed by atoms with Crippen LogP contribution < -0.4 is 0 Å². The predicted octanol–water partition coefficient (Wildman–Crippen LogP) is 3.80. The van der Waals surface area contributed by atoms with Gasteiger partial charge in [0.1, 0.15) is 0 Å². The fraction of sp³-hybridized carbons (Fsp3) is 0.600. The largest absolute Gasteiger partial charge is 0.465 e. The maximum absolute atomic E-state index is 12.1. The highest BCUT2D eigenvalue weighted by Gasteiger charge is 2.26. The third-order valence-electron chi connectivity index (χ3n) is 4.11. The van der Waals surface area contributed by atoms with E-state index in [2.05, 4.69) is 0 Å². The molecule has 0 aromatic heterocycles. The van der Waals surface area contributed by atoms with E-state index in [9.17, 15) is 9.59 Å². The van der Waals surface area contributed by atoms with Crippen molar-refractivity contribution in [1.82, 2.24) is 0 Å². The molecule has 0 fully saturated rings. The van der Waals surface area contributed by atoms with E-state index < -0.39 is 0 Å². The van der Waals surface area contributed by atoms with Crippen molar-refractivity contribution in [3.05, 3.63) is 34.9 Å². The molecule has 0 spiro atoms. The van der Waals surface area contributed by atoms with E-state index >= 15 is 0 Å². The lowest BCUT2D eigenvalue weighted by atomic mass is 9.83.